The van der Waals surface area contributed by atoms with Crippen molar-refractivity contribution in [1.82, 2.24) is 0 Å². The van der Waals surface area contributed by atoms with Gasteiger partial charge in [0.15, 0.2) is 11.4 Å². The van der Waals surface area contributed by atoms with Crippen LogP contribution >= 0.6 is 0 Å². The van der Waals surface area contributed by atoms with E-state index in [0.717, 1.165) is 5.56 Å². The average Bonchev–Trinajstić information content (AvgIpc) is 2.61. The van der Waals surface area contributed by atoms with Crippen LogP contribution < -0.4 is 4.74 Å². The summed E-state index contributed by atoms with van der Waals surface area (Å²) in [6, 6.07) is 14.6. The van der Waals surface area contributed by atoms with Crippen molar-refractivity contribution in [3.8, 4) is 5.75 Å². The number of rotatable bonds is 7. The maximum Gasteiger partial charge on any atom is 0.349 e. The maximum absolute atomic E-state index is 12.3. The number of hydrogen-bond acceptors (Lipinski definition) is 4. The first-order valence-electron chi connectivity index (χ1n) is 8.57. The molecule has 2 aromatic carbocycles. The van der Waals surface area contributed by atoms with Gasteiger partial charge in [-0.15, -0.1) is 0 Å². The number of esters is 1. The lowest BCUT2D eigenvalue weighted by atomic mass is 10.1. The van der Waals surface area contributed by atoms with Crippen molar-refractivity contribution in [2.24, 2.45) is 0 Å². The van der Waals surface area contributed by atoms with E-state index in [4.69, 9.17) is 9.47 Å². The Kier molecular flexibility index (Phi) is 6.34. The molecule has 0 aliphatic carbocycles. The van der Waals surface area contributed by atoms with E-state index in [2.05, 4.69) is 0 Å². The molecule has 0 aromatic heterocycles. The number of hydrogen-bond donors (Lipinski definition) is 0. The van der Waals surface area contributed by atoms with Crippen LogP contribution in [-0.2, 0) is 9.53 Å². The topological polar surface area (TPSA) is 52.6 Å². The summed E-state index contributed by atoms with van der Waals surface area (Å²) < 4.78 is 10.7. The van der Waals surface area contributed by atoms with Crippen LogP contribution in [-0.4, -0.2) is 24.0 Å². The van der Waals surface area contributed by atoms with Gasteiger partial charge in [-0.2, -0.15) is 0 Å². The van der Waals surface area contributed by atoms with Crippen molar-refractivity contribution in [3.63, 3.8) is 0 Å². The Morgan fingerprint density at radius 3 is 2.19 bits per heavy atom. The molecule has 136 valence electrons. The van der Waals surface area contributed by atoms with E-state index in [1.165, 1.54) is 5.56 Å². The Morgan fingerprint density at radius 2 is 1.62 bits per heavy atom. The Labute approximate surface area is 154 Å². The molecule has 0 aliphatic heterocycles. The Balaban J connectivity index is 2.03. The van der Waals surface area contributed by atoms with Crippen molar-refractivity contribution in [2.75, 3.05) is 6.61 Å². The van der Waals surface area contributed by atoms with E-state index < -0.39 is 11.6 Å². The number of aryl methyl sites for hydroxylation is 1. The lowest BCUT2D eigenvalue weighted by Gasteiger charge is -2.24. The quantitative estimate of drug-likeness (QED) is 0.415. The van der Waals surface area contributed by atoms with E-state index in [1.807, 2.05) is 31.2 Å². The van der Waals surface area contributed by atoms with Gasteiger partial charge in [0, 0.05) is 5.56 Å². The summed E-state index contributed by atoms with van der Waals surface area (Å²) >= 11 is 0. The zero-order valence-corrected chi connectivity index (χ0v) is 15.6. The van der Waals surface area contributed by atoms with E-state index in [-0.39, 0.29) is 5.78 Å². The molecule has 0 bridgehead atoms. The monoisotopic (exact) mass is 352 g/mol. The zero-order valence-electron chi connectivity index (χ0n) is 15.6. The predicted molar refractivity (Wildman–Crippen MR) is 102 cm³/mol. The van der Waals surface area contributed by atoms with Crippen molar-refractivity contribution in [2.45, 2.75) is 33.3 Å². The largest absolute Gasteiger partial charge is 0.476 e. The van der Waals surface area contributed by atoms with Crippen LogP contribution in [0.1, 0.15) is 42.3 Å². The zero-order chi connectivity index (χ0) is 19.2. The Morgan fingerprint density at radius 1 is 1.00 bits per heavy atom. The maximum atomic E-state index is 12.3. The lowest BCUT2D eigenvalue weighted by Crippen LogP contribution is -2.39. The molecule has 0 fully saturated rings. The molecule has 2 rings (SSSR count). The van der Waals surface area contributed by atoms with Gasteiger partial charge < -0.3 is 9.47 Å². The smallest absolute Gasteiger partial charge is 0.349 e. The lowest BCUT2D eigenvalue weighted by molar-refractivity contribution is -0.158. The molecule has 0 N–H and O–H groups in total. The summed E-state index contributed by atoms with van der Waals surface area (Å²) in [5.74, 6) is -0.0231. The van der Waals surface area contributed by atoms with Gasteiger partial charge in [-0.3, -0.25) is 4.79 Å². The predicted octanol–water partition coefficient (Wildman–Crippen LogP) is 4.61. The standard InChI is InChI=1S/C22H24O4/c1-5-25-21(24)22(3,4)26-19-13-11-18(12-14-19)20(23)15-10-17-8-6-16(2)7-9-17/h6-15H,5H2,1-4H3/b15-10+. The number of carbonyl (C=O) groups excluding carboxylic acids is 2. The van der Waals surface area contributed by atoms with Gasteiger partial charge in [0.1, 0.15) is 5.75 Å². The fourth-order valence-corrected chi connectivity index (χ4v) is 2.27. The van der Waals surface area contributed by atoms with Gasteiger partial charge >= 0.3 is 5.97 Å². The second-order valence-electron chi connectivity index (χ2n) is 6.47. The second kappa shape index (κ2) is 8.48. The molecule has 0 amide bonds. The minimum Gasteiger partial charge on any atom is -0.476 e. The highest BCUT2D eigenvalue weighted by Crippen LogP contribution is 2.20. The third kappa shape index (κ3) is 5.31. The second-order valence-corrected chi connectivity index (χ2v) is 6.47. The van der Waals surface area contributed by atoms with E-state index >= 15 is 0 Å². The fraction of sp³-hybridized carbons (Fsp3) is 0.273. The summed E-state index contributed by atoms with van der Waals surface area (Å²) in [5.41, 5.74) is 1.61. The van der Waals surface area contributed by atoms with Crippen molar-refractivity contribution in [3.05, 3.63) is 71.3 Å². The van der Waals surface area contributed by atoms with Crippen LogP contribution in [0.15, 0.2) is 54.6 Å². The highest BCUT2D eigenvalue weighted by molar-refractivity contribution is 6.06. The fourth-order valence-electron chi connectivity index (χ4n) is 2.27. The van der Waals surface area contributed by atoms with Gasteiger partial charge in [0.05, 0.1) is 6.61 Å². The molecule has 0 atom stereocenters. The molecule has 2 aromatic rings. The number of allylic oxidation sites excluding steroid dienone is 1. The van der Waals surface area contributed by atoms with Crippen LogP contribution in [0.3, 0.4) is 0 Å². The minimum absolute atomic E-state index is 0.0956. The third-order valence-electron chi connectivity index (χ3n) is 3.78. The van der Waals surface area contributed by atoms with E-state index in [1.54, 1.807) is 57.2 Å². The normalized spacial score (nSPS) is 11.4. The number of benzene rings is 2. The highest BCUT2D eigenvalue weighted by atomic mass is 16.6. The molecule has 26 heavy (non-hydrogen) atoms. The summed E-state index contributed by atoms with van der Waals surface area (Å²) in [7, 11) is 0. The molecule has 0 unspecified atom stereocenters. The van der Waals surface area contributed by atoms with Gasteiger partial charge in [-0.05, 0) is 63.6 Å². The molecule has 4 nitrogen and oxygen atoms in total. The highest BCUT2D eigenvalue weighted by Gasteiger charge is 2.31. The van der Waals surface area contributed by atoms with Crippen molar-refractivity contribution in [1.29, 1.82) is 0 Å². The molecule has 0 spiro atoms. The molecule has 0 saturated heterocycles. The number of carbonyl (C=O) groups is 2. The van der Waals surface area contributed by atoms with Crippen LogP contribution in [0.4, 0.5) is 0 Å². The van der Waals surface area contributed by atoms with Gasteiger partial charge in [-0.1, -0.05) is 35.9 Å². The number of ether oxygens (including phenoxy) is 2. The summed E-state index contributed by atoms with van der Waals surface area (Å²) in [6.45, 7) is 7.36. The molecule has 0 heterocycles. The Bertz CT molecular complexity index is 784. The van der Waals surface area contributed by atoms with Crippen LogP contribution in [0.25, 0.3) is 6.08 Å². The van der Waals surface area contributed by atoms with Crippen LogP contribution in [0.2, 0.25) is 0 Å². The first-order chi connectivity index (χ1) is 12.3. The number of ketones is 1. The third-order valence-corrected chi connectivity index (χ3v) is 3.78. The van der Waals surface area contributed by atoms with Crippen molar-refractivity contribution < 1.29 is 19.1 Å². The van der Waals surface area contributed by atoms with Gasteiger partial charge in [0.2, 0.25) is 0 Å². The molecule has 0 saturated carbocycles. The SMILES string of the molecule is CCOC(=O)C(C)(C)Oc1ccc(C(=O)/C=C/c2ccc(C)cc2)cc1. The summed E-state index contributed by atoms with van der Waals surface area (Å²) in [6.07, 6.45) is 3.33. The molecule has 4 heteroatoms. The average molecular weight is 352 g/mol. The van der Waals surface area contributed by atoms with Gasteiger partial charge in [0.25, 0.3) is 0 Å². The molecule has 0 aliphatic rings. The first-order valence-corrected chi connectivity index (χ1v) is 8.57. The minimum atomic E-state index is -1.09. The van der Waals surface area contributed by atoms with Crippen LogP contribution in [0.5, 0.6) is 5.75 Å². The van der Waals surface area contributed by atoms with Gasteiger partial charge in [-0.25, -0.2) is 4.79 Å². The molecule has 0 radical (unpaired) electrons. The molecular weight excluding hydrogens is 328 g/mol. The summed E-state index contributed by atoms with van der Waals surface area (Å²) in [5, 5.41) is 0. The van der Waals surface area contributed by atoms with E-state index in [0.29, 0.717) is 17.9 Å². The van der Waals surface area contributed by atoms with E-state index in [9.17, 15) is 9.59 Å². The molecular formula is C22H24O4. The summed E-state index contributed by atoms with van der Waals surface area (Å²) in [4.78, 5) is 24.1. The Hall–Kier alpha value is -2.88. The van der Waals surface area contributed by atoms with Crippen molar-refractivity contribution >= 4 is 17.8 Å². The first kappa shape index (κ1) is 19.4. The van der Waals surface area contributed by atoms with Crippen LogP contribution in [0, 0.1) is 6.92 Å².